The number of hydrogen-bond donors (Lipinski definition) is 0. The lowest BCUT2D eigenvalue weighted by Crippen LogP contribution is -2.52. The van der Waals surface area contributed by atoms with Crippen LogP contribution < -0.4 is 0 Å². The third kappa shape index (κ3) is 3.20. The van der Waals surface area contributed by atoms with Crippen LogP contribution in [0.5, 0.6) is 0 Å². The van der Waals surface area contributed by atoms with Crippen LogP contribution in [0, 0.1) is 10.1 Å². The summed E-state index contributed by atoms with van der Waals surface area (Å²) in [5.41, 5.74) is 0.931. The number of hydrogen-bond acceptors (Lipinski definition) is 4. The zero-order chi connectivity index (χ0) is 14.8. The van der Waals surface area contributed by atoms with Gasteiger partial charge < -0.3 is 4.74 Å². The number of nitro benzene ring substituents is 1. The molecule has 0 spiro atoms. The van der Waals surface area contributed by atoms with E-state index in [1.165, 1.54) is 12.8 Å². The Morgan fingerprint density at radius 2 is 2.19 bits per heavy atom. The summed E-state index contributed by atoms with van der Waals surface area (Å²) in [7, 11) is 0. The molecule has 1 saturated heterocycles. The minimum absolute atomic E-state index is 0.0115. The molecule has 0 radical (unpaired) electrons. The van der Waals surface area contributed by atoms with E-state index < -0.39 is 4.92 Å². The first-order valence-electron chi connectivity index (χ1n) is 7.43. The number of rotatable bonds is 3. The van der Waals surface area contributed by atoms with Gasteiger partial charge in [-0.2, -0.15) is 0 Å². The summed E-state index contributed by atoms with van der Waals surface area (Å²) in [5.74, 6) is 0. The average molecular weight is 311 g/mol. The molecule has 0 aromatic heterocycles. The van der Waals surface area contributed by atoms with Crippen molar-refractivity contribution in [3.8, 4) is 0 Å². The van der Waals surface area contributed by atoms with Gasteiger partial charge in [-0.1, -0.05) is 30.5 Å². The summed E-state index contributed by atoms with van der Waals surface area (Å²) in [5, 5.41) is 11.2. The number of morpholine rings is 1. The van der Waals surface area contributed by atoms with E-state index in [1.807, 2.05) is 6.07 Å². The molecule has 114 valence electrons. The highest BCUT2D eigenvalue weighted by atomic mass is 35.5. The molecule has 1 saturated carbocycles. The quantitative estimate of drug-likeness (QED) is 0.634. The third-order valence-corrected chi connectivity index (χ3v) is 4.76. The Hall–Kier alpha value is -1.17. The van der Waals surface area contributed by atoms with Crippen molar-refractivity contribution in [3.63, 3.8) is 0 Å². The van der Waals surface area contributed by atoms with E-state index in [-0.39, 0.29) is 10.7 Å². The maximum atomic E-state index is 11.0. The van der Waals surface area contributed by atoms with Crippen LogP contribution in [0.25, 0.3) is 0 Å². The Balaban J connectivity index is 1.76. The normalized spacial score (nSPS) is 26.3. The molecule has 2 aliphatic rings. The molecule has 6 heteroatoms. The SMILES string of the molecule is O=[N+]([O-])c1cc(CN2CCO[C@@H]3CCCC[C@H]32)ccc1Cl. The third-order valence-electron chi connectivity index (χ3n) is 4.44. The molecule has 21 heavy (non-hydrogen) atoms. The highest BCUT2D eigenvalue weighted by Crippen LogP contribution is 2.31. The highest BCUT2D eigenvalue weighted by Gasteiger charge is 2.34. The number of nitrogens with zero attached hydrogens (tertiary/aromatic N) is 2. The Bertz CT molecular complexity index is 536. The van der Waals surface area contributed by atoms with Crippen molar-refractivity contribution < 1.29 is 9.66 Å². The van der Waals surface area contributed by atoms with Gasteiger partial charge in [-0.05, 0) is 24.5 Å². The lowest BCUT2D eigenvalue weighted by atomic mass is 9.90. The largest absolute Gasteiger partial charge is 0.375 e. The molecule has 1 aromatic carbocycles. The monoisotopic (exact) mass is 310 g/mol. The fraction of sp³-hybridized carbons (Fsp3) is 0.600. The van der Waals surface area contributed by atoms with E-state index in [1.54, 1.807) is 12.1 Å². The van der Waals surface area contributed by atoms with E-state index in [9.17, 15) is 10.1 Å². The van der Waals surface area contributed by atoms with E-state index in [4.69, 9.17) is 16.3 Å². The molecule has 0 bridgehead atoms. The van der Waals surface area contributed by atoms with Crippen molar-refractivity contribution in [1.82, 2.24) is 4.90 Å². The molecule has 0 unspecified atom stereocenters. The first-order valence-corrected chi connectivity index (χ1v) is 7.81. The number of benzene rings is 1. The van der Waals surface area contributed by atoms with E-state index in [2.05, 4.69) is 4.90 Å². The molecule has 1 aliphatic carbocycles. The minimum Gasteiger partial charge on any atom is -0.375 e. The fourth-order valence-corrected chi connectivity index (χ4v) is 3.59. The minimum atomic E-state index is -0.422. The molecule has 5 nitrogen and oxygen atoms in total. The molecule has 1 aliphatic heterocycles. The van der Waals surface area contributed by atoms with Crippen LogP contribution in [0.4, 0.5) is 5.69 Å². The van der Waals surface area contributed by atoms with Crippen LogP contribution in [0.15, 0.2) is 18.2 Å². The van der Waals surface area contributed by atoms with Gasteiger partial charge >= 0.3 is 0 Å². The van der Waals surface area contributed by atoms with Gasteiger partial charge in [0.25, 0.3) is 5.69 Å². The maximum Gasteiger partial charge on any atom is 0.288 e. The summed E-state index contributed by atoms with van der Waals surface area (Å²) in [6, 6.07) is 5.54. The van der Waals surface area contributed by atoms with Crippen LogP contribution >= 0.6 is 11.6 Å². The first-order chi connectivity index (χ1) is 10.1. The van der Waals surface area contributed by atoms with Crippen LogP contribution in [0.3, 0.4) is 0 Å². The van der Waals surface area contributed by atoms with Crippen molar-refractivity contribution >= 4 is 17.3 Å². The zero-order valence-electron chi connectivity index (χ0n) is 11.8. The van der Waals surface area contributed by atoms with Gasteiger partial charge in [0, 0.05) is 25.2 Å². The zero-order valence-corrected chi connectivity index (χ0v) is 12.6. The second-order valence-corrected chi connectivity index (χ2v) is 6.18. The number of fused-ring (bicyclic) bond motifs is 1. The highest BCUT2D eigenvalue weighted by molar-refractivity contribution is 6.32. The lowest BCUT2D eigenvalue weighted by molar-refractivity contribution is -0.384. The second kappa shape index (κ2) is 6.30. The fourth-order valence-electron chi connectivity index (χ4n) is 3.40. The van der Waals surface area contributed by atoms with Crippen molar-refractivity contribution in [1.29, 1.82) is 0 Å². The van der Waals surface area contributed by atoms with Gasteiger partial charge in [-0.25, -0.2) is 0 Å². The maximum absolute atomic E-state index is 11.0. The second-order valence-electron chi connectivity index (χ2n) is 5.77. The van der Waals surface area contributed by atoms with Gasteiger partial charge in [-0.3, -0.25) is 15.0 Å². The molecule has 2 atom stereocenters. The molecule has 1 aromatic rings. The van der Waals surface area contributed by atoms with Crippen molar-refractivity contribution in [2.75, 3.05) is 13.2 Å². The Morgan fingerprint density at radius 3 is 3.00 bits per heavy atom. The van der Waals surface area contributed by atoms with E-state index in [0.29, 0.717) is 12.1 Å². The molecular formula is C15H19ClN2O3. The first kappa shape index (κ1) is 14.8. The molecule has 3 rings (SSSR count). The lowest BCUT2D eigenvalue weighted by Gasteiger charge is -2.43. The summed E-state index contributed by atoms with van der Waals surface area (Å²) in [6.45, 7) is 2.36. The van der Waals surface area contributed by atoms with Crippen LogP contribution in [0.1, 0.15) is 31.2 Å². The summed E-state index contributed by atoms with van der Waals surface area (Å²) < 4.78 is 5.86. The standard InChI is InChI=1S/C15H19ClN2O3/c16-12-6-5-11(9-14(12)18(19)20)10-17-7-8-21-15-4-2-1-3-13(15)17/h5-6,9,13,15H,1-4,7-8,10H2/t13-,15-/m1/s1. The predicted octanol–water partition coefficient (Wildman–Crippen LogP) is 3.39. The smallest absolute Gasteiger partial charge is 0.288 e. The summed E-state index contributed by atoms with van der Waals surface area (Å²) >= 11 is 5.87. The molecule has 0 amide bonds. The van der Waals surface area contributed by atoms with Crippen molar-refractivity contribution in [2.24, 2.45) is 0 Å². The van der Waals surface area contributed by atoms with Gasteiger partial charge in [0.15, 0.2) is 0 Å². The van der Waals surface area contributed by atoms with E-state index >= 15 is 0 Å². The van der Waals surface area contributed by atoms with Crippen LogP contribution in [-0.2, 0) is 11.3 Å². The van der Waals surface area contributed by atoms with Crippen LogP contribution in [0.2, 0.25) is 5.02 Å². The molecular weight excluding hydrogens is 292 g/mol. The predicted molar refractivity (Wildman–Crippen MR) is 80.5 cm³/mol. The number of nitro groups is 1. The summed E-state index contributed by atoms with van der Waals surface area (Å²) in [4.78, 5) is 13.0. The number of ether oxygens (including phenoxy) is 1. The number of halogens is 1. The molecule has 1 heterocycles. The van der Waals surface area contributed by atoms with Crippen molar-refractivity contribution in [2.45, 2.75) is 44.4 Å². The Labute approximate surface area is 129 Å². The van der Waals surface area contributed by atoms with E-state index in [0.717, 1.165) is 38.1 Å². The van der Waals surface area contributed by atoms with Crippen LogP contribution in [-0.4, -0.2) is 35.1 Å². The van der Waals surface area contributed by atoms with Gasteiger partial charge in [0.1, 0.15) is 5.02 Å². The van der Waals surface area contributed by atoms with Gasteiger partial charge in [0.05, 0.1) is 17.6 Å². The molecule has 0 N–H and O–H groups in total. The average Bonchev–Trinajstić information content (AvgIpc) is 2.49. The Morgan fingerprint density at radius 1 is 1.38 bits per heavy atom. The molecule has 2 fully saturated rings. The van der Waals surface area contributed by atoms with Gasteiger partial charge in [-0.15, -0.1) is 0 Å². The van der Waals surface area contributed by atoms with Crippen molar-refractivity contribution in [3.05, 3.63) is 38.9 Å². The summed E-state index contributed by atoms with van der Waals surface area (Å²) in [6.07, 6.45) is 5.08. The van der Waals surface area contributed by atoms with Gasteiger partial charge in [0.2, 0.25) is 0 Å². The Kier molecular flexibility index (Phi) is 4.42. The topological polar surface area (TPSA) is 55.6 Å².